The molecule has 90 valence electrons. The van der Waals surface area contributed by atoms with E-state index in [1.807, 2.05) is 6.92 Å². The number of nitrogens with one attached hydrogen (secondary N) is 1. The first kappa shape index (κ1) is 13.5. The fourth-order valence-corrected chi connectivity index (χ4v) is 1.87. The molecule has 0 saturated heterocycles. The molecule has 1 unspecified atom stereocenters. The van der Waals surface area contributed by atoms with Crippen molar-refractivity contribution < 1.29 is 9.47 Å². The molecule has 0 aromatic carbocycles. The Hall–Kier alpha value is -0.520. The molecule has 0 bridgehead atoms. The van der Waals surface area contributed by atoms with Gasteiger partial charge in [0.25, 0.3) is 0 Å². The number of aromatic nitrogens is 1. The number of rotatable bonds is 5. The van der Waals surface area contributed by atoms with Crippen molar-refractivity contribution in [2.24, 2.45) is 0 Å². The minimum atomic E-state index is 0.174. The van der Waals surface area contributed by atoms with E-state index in [1.54, 1.807) is 13.2 Å². The van der Waals surface area contributed by atoms with Crippen LogP contribution < -0.4 is 10.1 Å². The summed E-state index contributed by atoms with van der Waals surface area (Å²) in [6, 6.07) is 1.94. The van der Waals surface area contributed by atoms with Gasteiger partial charge in [0.15, 0.2) is 0 Å². The zero-order valence-corrected chi connectivity index (χ0v) is 11.7. The average molecular weight is 310 g/mol. The summed E-state index contributed by atoms with van der Waals surface area (Å²) in [6.45, 7) is 2.62. The third kappa shape index (κ3) is 3.50. The molecule has 0 aliphatic rings. The van der Waals surface area contributed by atoms with Crippen LogP contribution in [0.25, 0.3) is 0 Å². The number of ether oxygens (including phenoxy) is 2. The summed E-state index contributed by atoms with van der Waals surface area (Å²) in [4.78, 5) is 4.16. The molecule has 1 heterocycles. The highest BCUT2D eigenvalue weighted by atomic mass is 79.9. The Balaban J connectivity index is 2.85. The number of halogens is 2. The number of hydrogen-bond donors (Lipinski definition) is 1. The van der Waals surface area contributed by atoms with Crippen molar-refractivity contribution >= 4 is 33.2 Å². The van der Waals surface area contributed by atoms with Crippen molar-refractivity contribution in [3.8, 4) is 5.88 Å². The van der Waals surface area contributed by atoms with Crippen LogP contribution in [0.2, 0.25) is 5.02 Å². The molecule has 0 amide bonds. The van der Waals surface area contributed by atoms with Crippen molar-refractivity contribution in [3.63, 3.8) is 0 Å². The number of nitrogens with zero attached hydrogens (tertiary/aromatic N) is 1. The van der Waals surface area contributed by atoms with Crippen LogP contribution >= 0.6 is 27.5 Å². The van der Waals surface area contributed by atoms with E-state index >= 15 is 0 Å². The Bertz CT molecular complexity index is 363. The molecule has 1 aromatic rings. The summed E-state index contributed by atoms with van der Waals surface area (Å²) in [6.07, 6.45) is 0. The highest BCUT2D eigenvalue weighted by Crippen LogP contribution is 2.31. The number of methoxy groups -OCH3 is 2. The van der Waals surface area contributed by atoms with Gasteiger partial charge in [-0.3, -0.25) is 0 Å². The van der Waals surface area contributed by atoms with E-state index in [1.165, 1.54) is 7.11 Å². The van der Waals surface area contributed by atoms with E-state index in [9.17, 15) is 0 Å². The molecular formula is C10H14BrClN2O2. The first-order valence-corrected chi connectivity index (χ1v) is 5.91. The molecule has 0 aliphatic carbocycles. The van der Waals surface area contributed by atoms with Crippen molar-refractivity contribution in [1.82, 2.24) is 4.98 Å². The van der Waals surface area contributed by atoms with Crippen LogP contribution in [0.3, 0.4) is 0 Å². The van der Waals surface area contributed by atoms with Gasteiger partial charge < -0.3 is 14.8 Å². The van der Waals surface area contributed by atoms with Gasteiger partial charge in [0, 0.05) is 13.2 Å². The largest absolute Gasteiger partial charge is 0.480 e. The molecule has 1 rings (SSSR count). The third-order valence-electron chi connectivity index (χ3n) is 1.91. The van der Waals surface area contributed by atoms with E-state index in [4.69, 9.17) is 21.1 Å². The van der Waals surface area contributed by atoms with Crippen LogP contribution in [0.4, 0.5) is 5.69 Å². The van der Waals surface area contributed by atoms with Crippen LogP contribution in [0.5, 0.6) is 5.88 Å². The van der Waals surface area contributed by atoms with Crippen LogP contribution in [-0.2, 0) is 4.74 Å². The summed E-state index contributed by atoms with van der Waals surface area (Å²) in [7, 11) is 3.19. The van der Waals surface area contributed by atoms with Crippen LogP contribution in [0.15, 0.2) is 10.7 Å². The Kier molecular flexibility index (Phi) is 5.31. The fourth-order valence-electron chi connectivity index (χ4n) is 1.25. The second-order valence-corrected chi connectivity index (χ2v) is 4.48. The lowest BCUT2D eigenvalue weighted by molar-refractivity contribution is 0.190. The Morgan fingerprint density at radius 3 is 2.81 bits per heavy atom. The molecule has 0 radical (unpaired) electrons. The molecular weight excluding hydrogens is 295 g/mol. The number of hydrogen-bond acceptors (Lipinski definition) is 4. The van der Waals surface area contributed by atoms with Gasteiger partial charge in [0.05, 0.1) is 19.4 Å². The molecule has 16 heavy (non-hydrogen) atoms. The zero-order valence-electron chi connectivity index (χ0n) is 9.38. The Morgan fingerprint density at radius 2 is 2.25 bits per heavy atom. The second kappa shape index (κ2) is 6.27. The lowest BCUT2D eigenvalue weighted by atomic mass is 10.3. The van der Waals surface area contributed by atoms with E-state index < -0.39 is 0 Å². The van der Waals surface area contributed by atoms with Gasteiger partial charge in [-0.05, 0) is 28.9 Å². The summed E-state index contributed by atoms with van der Waals surface area (Å²) >= 11 is 9.33. The second-order valence-electron chi connectivity index (χ2n) is 3.32. The maximum atomic E-state index is 5.98. The quantitative estimate of drug-likeness (QED) is 0.849. The molecule has 0 spiro atoms. The third-order valence-corrected chi connectivity index (χ3v) is 2.78. The predicted octanol–water partition coefficient (Wildman–Crippen LogP) is 2.95. The lowest BCUT2D eigenvalue weighted by Gasteiger charge is -2.16. The van der Waals surface area contributed by atoms with Crippen molar-refractivity contribution in [2.45, 2.75) is 13.0 Å². The molecule has 0 fully saturated rings. The zero-order chi connectivity index (χ0) is 12.1. The first-order valence-electron chi connectivity index (χ1n) is 4.74. The maximum Gasteiger partial charge on any atom is 0.233 e. The summed E-state index contributed by atoms with van der Waals surface area (Å²) < 4.78 is 10.7. The standard InChI is InChI=1S/C10H14BrClN2O2/c1-6(5-15-2)13-8-4-7(12)10(16-3)14-9(8)11/h4,6,13H,5H2,1-3H3. The number of pyridine rings is 1. The van der Waals surface area contributed by atoms with Crippen molar-refractivity contribution in [2.75, 3.05) is 26.1 Å². The highest BCUT2D eigenvalue weighted by Gasteiger charge is 2.11. The molecule has 1 N–H and O–H groups in total. The monoisotopic (exact) mass is 308 g/mol. The Morgan fingerprint density at radius 1 is 1.56 bits per heavy atom. The molecule has 1 aromatic heterocycles. The summed E-state index contributed by atoms with van der Waals surface area (Å²) in [5.74, 6) is 0.401. The van der Waals surface area contributed by atoms with Gasteiger partial charge in [0.2, 0.25) is 5.88 Å². The minimum Gasteiger partial charge on any atom is -0.480 e. The lowest BCUT2D eigenvalue weighted by Crippen LogP contribution is -2.21. The molecule has 6 heteroatoms. The van der Waals surface area contributed by atoms with Gasteiger partial charge >= 0.3 is 0 Å². The fraction of sp³-hybridized carbons (Fsp3) is 0.500. The predicted molar refractivity (Wildman–Crippen MR) is 68.5 cm³/mol. The van der Waals surface area contributed by atoms with E-state index in [2.05, 4.69) is 26.2 Å². The average Bonchev–Trinajstić information content (AvgIpc) is 2.23. The molecule has 1 atom stereocenters. The smallest absolute Gasteiger partial charge is 0.233 e. The molecule has 0 aliphatic heterocycles. The van der Waals surface area contributed by atoms with Crippen LogP contribution in [0.1, 0.15) is 6.92 Å². The van der Waals surface area contributed by atoms with Crippen molar-refractivity contribution in [1.29, 1.82) is 0 Å². The normalized spacial score (nSPS) is 12.3. The summed E-state index contributed by atoms with van der Waals surface area (Å²) in [5.41, 5.74) is 0.815. The van der Waals surface area contributed by atoms with E-state index in [-0.39, 0.29) is 6.04 Å². The Labute approximate surface area is 108 Å². The van der Waals surface area contributed by atoms with Crippen LogP contribution in [-0.4, -0.2) is 31.9 Å². The van der Waals surface area contributed by atoms with Crippen LogP contribution in [0, 0.1) is 0 Å². The van der Waals surface area contributed by atoms with Gasteiger partial charge in [-0.15, -0.1) is 0 Å². The van der Waals surface area contributed by atoms with Gasteiger partial charge in [-0.1, -0.05) is 11.6 Å². The van der Waals surface area contributed by atoms with Crippen molar-refractivity contribution in [3.05, 3.63) is 15.7 Å². The van der Waals surface area contributed by atoms with E-state index in [0.29, 0.717) is 22.1 Å². The molecule has 0 saturated carbocycles. The number of anilines is 1. The van der Waals surface area contributed by atoms with Gasteiger partial charge in [-0.2, -0.15) is 0 Å². The topological polar surface area (TPSA) is 43.4 Å². The highest BCUT2D eigenvalue weighted by molar-refractivity contribution is 9.10. The van der Waals surface area contributed by atoms with Gasteiger partial charge in [0.1, 0.15) is 9.63 Å². The first-order chi connectivity index (χ1) is 7.58. The minimum absolute atomic E-state index is 0.174. The molecule has 4 nitrogen and oxygen atoms in total. The maximum absolute atomic E-state index is 5.98. The van der Waals surface area contributed by atoms with E-state index in [0.717, 1.165) is 5.69 Å². The van der Waals surface area contributed by atoms with Gasteiger partial charge in [-0.25, -0.2) is 4.98 Å². The SMILES string of the molecule is COCC(C)Nc1cc(Cl)c(OC)nc1Br. The summed E-state index contributed by atoms with van der Waals surface area (Å²) in [5, 5.41) is 3.70.